The minimum absolute atomic E-state index is 0.00653. The Balaban J connectivity index is 1.40. The molecule has 3 heterocycles. The fraction of sp³-hybridized carbons (Fsp3) is 0.650. The highest BCUT2D eigenvalue weighted by Gasteiger charge is 2.38. The van der Waals surface area contributed by atoms with Crippen LogP contribution in [0.5, 0.6) is 11.5 Å². The van der Waals surface area contributed by atoms with Gasteiger partial charge in [0.2, 0.25) is 15.9 Å². The van der Waals surface area contributed by atoms with Crippen molar-refractivity contribution in [2.24, 2.45) is 5.92 Å². The van der Waals surface area contributed by atoms with Gasteiger partial charge >= 0.3 is 0 Å². The van der Waals surface area contributed by atoms with Crippen molar-refractivity contribution in [3.8, 4) is 11.5 Å². The first-order valence-electron chi connectivity index (χ1n) is 10.5. The van der Waals surface area contributed by atoms with Crippen LogP contribution in [0.15, 0.2) is 23.1 Å². The van der Waals surface area contributed by atoms with Gasteiger partial charge in [0.05, 0.1) is 29.6 Å². The number of carbonyl (C=O) groups excluding carboxylic acids is 1. The van der Waals surface area contributed by atoms with Crippen molar-refractivity contribution < 1.29 is 31.1 Å². The van der Waals surface area contributed by atoms with Gasteiger partial charge in [-0.2, -0.15) is 4.31 Å². The molecule has 0 saturated carbocycles. The van der Waals surface area contributed by atoms with Gasteiger partial charge in [-0.15, -0.1) is 0 Å². The lowest BCUT2D eigenvalue weighted by Crippen LogP contribution is -2.46. The minimum atomic E-state index is -3.71. The lowest BCUT2D eigenvalue weighted by Gasteiger charge is -2.34. The number of amides is 1. The number of sulfone groups is 1. The first kappa shape index (κ1) is 22.3. The van der Waals surface area contributed by atoms with Crippen molar-refractivity contribution in [3.05, 3.63) is 18.2 Å². The summed E-state index contributed by atoms with van der Waals surface area (Å²) < 4.78 is 62.2. The smallest absolute Gasteiger partial charge is 0.243 e. The fourth-order valence-corrected chi connectivity index (χ4v) is 7.61. The van der Waals surface area contributed by atoms with Crippen LogP contribution >= 0.6 is 0 Å². The summed E-state index contributed by atoms with van der Waals surface area (Å²) in [6, 6.07) is 4.35. The van der Waals surface area contributed by atoms with Gasteiger partial charge in [0, 0.05) is 44.6 Å². The normalized spacial score (nSPS) is 24.5. The molecule has 0 N–H and O–H groups in total. The van der Waals surface area contributed by atoms with Crippen LogP contribution in [0, 0.1) is 5.92 Å². The van der Waals surface area contributed by atoms with E-state index in [-0.39, 0.29) is 47.4 Å². The van der Waals surface area contributed by atoms with Crippen molar-refractivity contribution in [3.63, 3.8) is 0 Å². The Kier molecular flexibility index (Phi) is 6.19. The maximum atomic E-state index is 13.1. The molecule has 11 heteroatoms. The maximum absolute atomic E-state index is 13.1. The standard InChI is InChI=1S/C20H28N2O7S2/c1-21(16-7-12-30(24,25)14-16)20(23)15-5-8-22(9-6-15)31(26,27)17-3-4-18-19(13-17)29-11-2-10-28-18/h3-4,13,15-16H,2,5-12,14H2,1H3. The predicted molar refractivity (Wildman–Crippen MR) is 113 cm³/mol. The Hall–Kier alpha value is -1.85. The molecule has 0 bridgehead atoms. The molecule has 1 amide bonds. The lowest BCUT2D eigenvalue weighted by molar-refractivity contribution is -0.137. The Bertz CT molecular complexity index is 1050. The molecule has 1 atom stereocenters. The predicted octanol–water partition coefficient (Wildman–Crippen LogP) is 0.894. The van der Waals surface area contributed by atoms with E-state index in [0.717, 1.165) is 6.42 Å². The molecule has 3 aliphatic heterocycles. The van der Waals surface area contributed by atoms with Gasteiger partial charge in [0.1, 0.15) is 0 Å². The molecule has 4 rings (SSSR count). The molecule has 2 fully saturated rings. The van der Waals surface area contributed by atoms with Crippen molar-refractivity contribution in [2.45, 2.75) is 36.6 Å². The Morgan fingerprint density at radius 3 is 2.42 bits per heavy atom. The van der Waals surface area contributed by atoms with Crippen molar-refractivity contribution >= 4 is 25.8 Å². The lowest BCUT2D eigenvalue weighted by atomic mass is 9.96. The highest BCUT2D eigenvalue weighted by atomic mass is 32.2. The second kappa shape index (κ2) is 8.59. The van der Waals surface area contributed by atoms with Crippen molar-refractivity contribution in [2.75, 3.05) is 44.9 Å². The van der Waals surface area contributed by atoms with Crippen LogP contribution in [-0.4, -0.2) is 82.8 Å². The van der Waals surface area contributed by atoms with Gasteiger partial charge in [-0.3, -0.25) is 4.79 Å². The minimum Gasteiger partial charge on any atom is -0.490 e. The molecule has 1 aromatic carbocycles. The third-order valence-electron chi connectivity index (χ3n) is 6.26. The number of sulfonamides is 1. The molecule has 172 valence electrons. The molecule has 0 radical (unpaired) electrons. The van der Waals surface area contributed by atoms with E-state index in [2.05, 4.69) is 0 Å². The molecule has 0 spiro atoms. The van der Waals surface area contributed by atoms with Crippen LogP contribution in [0.25, 0.3) is 0 Å². The van der Waals surface area contributed by atoms with Crippen molar-refractivity contribution in [1.29, 1.82) is 0 Å². The summed E-state index contributed by atoms with van der Waals surface area (Å²) in [6.07, 6.45) is 2.01. The molecule has 9 nitrogen and oxygen atoms in total. The SMILES string of the molecule is CN(C(=O)C1CCN(S(=O)(=O)c2ccc3c(c2)OCCCO3)CC1)C1CCS(=O)(=O)C1. The van der Waals surface area contributed by atoms with E-state index >= 15 is 0 Å². The van der Waals surface area contributed by atoms with Gasteiger partial charge in [-0.05, 0) is 31.4 Å². The maximum Gasteiger partial charge on any atom is 0.243 e. The number of piperidine rings is 1. The summed E-state index contributed by atoms with van der Waals surface area (Å²) in [4.78, 5) is 14.5. The van der Waals surface area contributed by atoms with E-state index < -0.39 is 19.9 Å². The molecule has 2 saturated heterocycles. The Morgan fingerprint density at radius 1 is 1.10 bits per heavy atom. The molecular formula is C20H28N2O7S2. The first-order chi connectivity index (χ1) is 14.7. The third-order valence-corrected chi connectivity index (χ3v) is 9.91. The van der Waals surface area contributed by atoms with Gasteiger partial charge < -0.3 is 14.4 Å². The molecule has 0 aliphatic carbocycles. The molecule has 31 heavy (non-hydrogen) atoms. The number of ether oxygens (including phenoxy) is 2. The van der Waals surface area contributed by atoms with Crippen LogP contribution in [0.3, 0.4) is 0 Å². The second-order valence-electron chi connectivity index (χ2n) is 8.34. The van der Waals surface area contributed by atoms with E-state index in [1.165, 1.54) is 16.4 Å². The molecule has 0 aromatic heterocycles. The number of hydrogen-bond acceptors (Lipinski definition) is 7. The number of rotatable bonds is 4. The molecule has 1 aromatic rings. The molecule has 1 unspecified atom stereocenters. The Labute approximate surface area is 183 Å². The highest BCUT2D eigenvalue weighted by Crippen LogP contribution is 2.34. The van der Waals surface area contributed by atoms with Crippen LogP contribution in [0.2, 0.25) is 0 Å². The quantitative estimate of drug-likeness (QED) is 0.640. The van der Waals surface area contributed by atoms with Gasteiger partial charge in [0.15, 0.2) is 21.3 Å². The summed E-state index contributed by atoms with van der Waals surface area (Å²) in [5.41, 5.74) is 0. The van der Waals surface area contributed by atoms with Crippen LogP contribution < -0.4 is 9.47 Å². The summed E-state index contributed by atoms with van der Waals surface area (Å²) in [5.74, 6) is 0.682. The van der Waals surface area contributed by atoms with Crippen molar-refractivity contribution in [1.82, 2.24) is 9.21 Å². The second-order valence-corrected chi connectivity index (χ2v) is 12.5. The van der Waals surface area contributed by atoms with Gasteiger partial charge in [-0.1, -0.05) is 0 Å². The summed E-state index contributed by atoms with van der Waals surface area (Å²) in [7, 11) is -5.14. The third kappa shape index (κ3) is 4.68. The first-order valence-corrected chi connectivity index (χ1v) is 13.8. The zero-order valence-electron chi connectivity index (χ0n) is 17.5. The monoisotopic (exact) mass is 472 g/mol. The highest BCUT2D eigenvalue weighted by molar-refractivity contribution is 7.91. The van der Waals surface area contributed by atoms with E-state index in [1.54, 1.807) is 18.0 Å². The Morgan fingerprint density at radius 2 is 1.77 bits per heavy atom. The number of benzene rings is 1. The van der Waals surface area contributed by atoms with E-state index in [9.17, 15) is 21.6 Å². The van der Waals surface area contributed by atoms with Gasteiger partial charge in [0.25, 0.3) is 0 Å². The van der Waals surface area contributed by atoms with Gasteiger partial charge in [-0.25, -0.2) is 16.8 Å². The zero-order chi connectivity index (χ0) is 22.2. The topological polar surface area (TPSA) is 110 Å². The summed E-state index contributed by atoms with van der Waals surface area (Å²) in [5, 5.41) is 0. The van der Waals surface area contributed by atoms with Crippen LogP contribution in [0.1, 0.15) is 25.7 Å². The summed E-state index contributed by atoms with van der Waals surface area (Å²) in [6.45, 7) is 1.48. The summed E-state index contributed by atoms with van der Waals surface area (Å²) >= 11 is 0. The molecule has 3 aliphatic rings. The average Bonchev–Trinajstić information content (AvgIpc) is 2.97. The number of carbonyl (C=O) groups is 1. The fourth-order valence-electron chi connectivity index (χ4n) is 4.35. The van der Waals surface area contributed by atoms with Crippen LogP contribution in [-0.2, 0) is 24.7 Å². The zero-order valence-corrected chi connectivity index (χ0v) is 19.2. The van der Waals surface area contributed by atoms with E-state index in [4.69, 9.17) is 9.47 Å². The molecular weight excluding hydrogens is 444 g/mol. The number of hydrogen-bond donors (Lipinski definition) is 0. The van der Waals surface area contributed by atoms with E-state index in [0.29, 0.717) is 44.0 Å². The number of nitrogens with zero attached hydrogens (tertiary/aromatic N) is 2. The largest absolute Gasteiger partial charge is 0.490 e. The van der Waals surface area contributed by atoms with E-state index in [1.807, 2.05) is 0 Å². The van der Waals surface area contributed by atoms with Crippen LogP contribution in [0.4, 0.5) is 0 Å². The average molecular weight is 473 g/mol. The number of fused-ring (bicyclic) bond motifs is 1.